The molecule has 7 nitrogen and oxygen atoms in total. The van der Waals surface area contributed by atoms with E-state index in [1.807, 2.05) is 35.0 Å². The minimum absolute atomic E-state index is 0.0496. The van der Waals surface area contributed by atoms with Gasteiger partial charge in [-0.1, -0.05) is 48.6 Å². The Morgan fingerprint density at radius 2 is 1.67 bits per heavy atom. The molecule has 2 unspecified atom stereocenters. The van der Waals surface area contributed by atoms with Gasteiger partial charge < -0.3 is 29.5 Å². The molecule has 1 aromatic heterocycles. The molecule has 1 saturated heterocycles. The second-order valence-electron chi connectivity index (χ2n) is 9.34. The third-order valence-corrected chi connectivity index (χ3v) is 6.72. The molecule has 2 heterocycles. The van der Waals surface area contributed by atoms with E-state index in [0.29, 0.717) is 12.2 Å². The lowest BCUT2D eigenvalue weighted by Gasteiger charge is -2.31. The van der Waals surface area contributed by atoms with Crippen LogP contribution in [0, 0.1) is 0 Å². The monoisotopic (exact) mass is 491 g/mol. The minimum Gasteiger partial charge on any atom is -0.490 e. The van der Waals surface area contributed by atoms with E-state index in [9.17, 15) is 10.2 Å². The highest BCUT2D eigenvalue weighted by molar-refractivity contribution is 5.66. The molecule has 0 radical (unpaired) electrons. The summed E-state index contributed by atoms with van der Waals surface area (Å²) in [6.45, 7) is 4.63. The van der Waals surface area contributed by atoms with Crippen molar-refractivity contribution in [3.05, 3.63) is 78.4 Å². The lowest BCUT2D eigenvalue weighted by Crippen LogP contribution is -2.39. The minimum atomic E-state index is -0.671. The van der Waals surface area contributed by atoms with E-state index in [1.165, 1.54) is 0 Å². The number of hydrogen-bond acceptors (Lipinski definition) is 6. The summed E-state index contributed by atoms with van der Waals surface area (Å²) >= 11 is 0. The predicted molar refractivity (Wildman–Crippen MR) is 142 cm³/mol. The first-order chi connectivity index (χ1) is 17.6. The molecular weight excluding hydrogens is 454 g/mol. The van der Waals surface area contributed by atoms with E-state index in [1.54, 1.807) is 13.1 Å². The van der Waals surface area contributed by atoms with Crippen molar-refractivity contribution in [2.45, 2.75) is 44.4 Å². The number of nitrogens with zero attached hydrogens (tertiary/aromatic N) is 3. The van der Waals surface area contributed by atoms with Crippen LogP contribution in [0.2, 0.25) is 0 Å². The Balaban J connectivity index is 1.36. The van der Waals surface area contributed by atoms with E-state index in [0.717, 1.165) is 54.9 Å². The molecule has 1 fully saturated rings. The first-order valence-electron chi connectivity index (χ1n) is 12.8. The quantitative estimate of drug-likeness (QED) is 0.375. The fourth-order valence-electron chi connectivity index (χ4n) is 4.71. The first-order valence-corrected chi connectivity index (χ1v) is 12.8. The van der Waals surface area contributed by atoms with Crippen molar-refractivity contribution in [3.8, 4) is 16.9 Å². The molecule has 0 amide bonds. The fraction of sp³-hybridized carbons (Fsp3) is 0.414. The number of allylic oxidation sites excluding steroid dienone is 1. The highest BCUT2D eigenvalue weighted by Crippen LogP contribution is 2.26. The molecule has 0 saturated carbocycles. The smallest absolute Gasteiger partial charge is 0.137 e. The van der Waals surface area contributed by atoms with Gasteiger partial charge in [-0.3, -0.25) is 0 Å². The summed E-state index contributed by atoms with van der Waals surface area (Å²) in [7, 11) is 0. The average molecular weight is 492 g/mol. The molecule has 0 spiro atoms. The Kier molecular flexibility index (Phi) is 9.30. The zero-order valence-electron chi connectivity index (χ0n) is 20.9. The number of rotatable bonds is 11. The Morgan fingerprint density at radius 1 is 1.00 bits per heavy atom. The van der Waals surface area contributed by atoms with Crippen LogP contribution in [0.1, 0.15) is 49.7 Å². The molecular formula is C29H37N3O4. The number of hydrogen-bond donors (Lipinski definition) is 3. The van der Waals surface area contributed by atoms with Crippen molar-refractivity contribution in [2.24, 2.45) is 0 Å². The maximum atomic E-state index is 9.97. The number of aromatic nitrogens is 2. The van der Waals surface area contributed by atoms with Gasteiger partial charge >= 0.3 is 0 Å². The summed E-state index contributed by atoms with van der Waals surface area (Å²) in [6, 6.07) is 16.5. The number of likely N-dealkylation sites (tertiary alicyclic amines) is 1. The summed E-state index contributed by atoms with van der Waals surface area (Å²) in [5.41, 5.74) is 3.33. The largest absolute Gasteiger partial charge is 0.490 e. The summed E-state index contributed by atoms with van der Waals surface area (Å²) in [5, 5.41) is 28.6. The van der Waals surface area contributed by atoms with Crippen molar-refractivity contribution < 1.29 is 20.1 Å². The van der Waals surface area contributed by atoms with Crippen LogP contribution in [0.15, 0.2) is 67.0 Å². The number of benzene rings is 2. The first kappa shape index (κ1) is 26.1. The van der Waals surface area contributed by atoms with Crippen molar-refractivity contribution in [3.63, 3.8) is 0 Å². The second-order valence-corrected chi connectivity index (χ2v) is 9.34. The van der Waals surface area contributed by atoms with Crippen LogP contribution >= 0.6 is 0 Å². The molecule has 2 aromatic carbocycles. The van der Waals surface area contributed by atoms with Crippen molar-refractivity contribution in [2.75, 3.05) is 32.8 Å². The number of aliphatic hydroxyl groups excluding tert-OH is 3. The van der Waals surface area contributed by atoms with E-state index in [4.69, 9.17) is 9.84 Å². The lowest BCUT2D eigenvalue weighted by molar-refractivity contribution is 0.0889. The summed E-state index contributed by atoms with van der Waals surface area (Å²) in [6.07, 6.45) is 9.66. The molecule has 1 aliphatic rings. The molecule has 3 aromatic rings. The van der Waals surface area contributed by atoms with Gasteiger partial charge in [-0.15, -0.1) is 0 Å². The third kappa shape index (κ3) is 6.83. The zero-order chi connectivity index (χ0) is 25.3. The van der Waals surface area contributed by atoms with Gasteiger partial charge in [-0.2, -0.15) is 0 Å². The number of ether oxygens (including phenoxy) is 1. The normalized spacial score (nSPS) is 16.9. The van der Waals surface area contributed by atoms with Gasteiger partial charge in [0.15, 0.2) is 0 Å². The molecule has 0 bridgehead atoms. The highest BCUT2D eigenvalue weighted by Gasteiger charge is 2.20. The highest BCUT2D eigenvalue weighted by atomic mass is 16.5. The molecule has 3 N–H and O–H groups in total. The molecule has 1 aliphatic heterocycles. The van der Waals surface area contributed by atoms with Gasteiger partial charge in [0.2, 0.25) is 0 Å². The maximum absolute atomic E-state index is 9.97. The van der Waals surface area contributed by atoms with E-state index in [2.05, 4.69) is 46.3 Å². The Labute approximate surface area is 213 Å². The fourth-order valence-corrected chi connectivity index (χ4v) is 4.71. The third-order valence-electron chi connectivity index (χ3n) is 6.72. The van der Waals surface area contributed by atoms with Gasteiger partial charge in [0.25, 0.3) is 0 Å². The van der Waals surface area contributed by atoms with Crippen LogP contribution in [-0.2, 0) is 0 Å². The molecule has 4 rings (SSSR count). The van der Waals surface area contributed by atoms with Gasteiger partial charge in [-0.05, 0) is 55.0 Å². The van der Waals surface area contributed by atoms with Crippen LogP contribution in [0.25, 0.3) is 17.2 Å². The lowest BCUT2D eigenvalue weighted by atomic mass is 10.0. The van der Waals surface area contributed by atoms with Gasteiger partial charge in [0.05, 0.1) is 12.6 Å². The topological polar surface area (TPSA) is 91.0 Å². The Hall–Kier alpha value is -2.97. The maximum Gasteiger partial charge on any atom is 0.137 e. The number of imidazole rings is 1. The molecule has 7 heteroatoms. The van der Waals surface area contributed by atoms with Crippen molar-refractivity contribution in [1.82, 2.24) is 14.5 Å². The van der Waals surface area contributed by atoms with Gasteiger partial charge in [-0.25, -0.2) is 4.98 Å². The van der Waals surface area contributed by atoms with Crippen LogP contribution in [0.4, 0.5) is 0 Å². The zero-order valence-corrected chi connectivity index (χ0v) is 20.9. The van der Waals surface area contributed by atoms with Crippen LogP contribution in [0.3, 0.4) is 0 Å². The van der Waals surface area contributed by atoms with E-state index >= 15 is 0 Å². The number of β-amino-alcohol motifs (C(OH)–C–C–N with tert-alkyl or cyclic N) is 1. The second kappa shape index (κ2) is 12.8. The van der Waals surface area contributed by atoms with Crippen LogP contribution in [-0.4, -0.2) is 68.7 Å². The number of piperidine rings is 1. The summed E-state index contributed by atoms with van der Waals surface area (Å²) < 4.78 is 8.09. The summed E-state index contributed by atoms with van der Waals surface area (Å²) in [4.78, 5) is 6.52. The summed E-state index contributed by atoms with van der Waals surface area (Å²) in [5.74, 6) is 1.48. The SMILES string of the molecule is CC(O)c1nccn1C(/C=C/c1ccc(-c2ccc(OC3CCN(CCO)CC3)cc2)cc1)CCO. The standard InChI is InChI=1S/C29H37N3O4/c1-22(35)29-30-15-18-32(29)26(14-20-33)9-4-23-2-5-24(6-3-23)25-7-10-27(11-8-25)36-28-12-16-31(17-13-28)19-21-34/h2-11,15,18,22,26,28,33-35H,12-14,16-17,19-21H2,1H3/b9-4+. The predicted octanol–water partition coefficient (Wildman–Crippen LogP) is 4.08. The van der Waals surface area contributed by atoms with E-state index in [-0.39, 0.29) is 25.4 Å². The molecule has 36 heavy (non-hydrogen) atoms. The van der Waals surface area contributed by atoms with Gasteiger partial charge in [0.1, 0.15) is 23.8 Å². The molecule has 192 valence electrons. The van der Waals surface area contributed by atoms with E-state index < -0.39 is 6.10 Å². The van der Waals surface area contributed by atoms with Crippen molar-refractivity contribution in [1.29, 1.82) is 0 Å². The Bertz CT molecular complexity index is 1080. The Morgan fingerprint density at radius 3 is 2.28 bits per heavy atom. The van der Waals surface area contributed by atoms with Crippen molar-refractivity contribution >= 4 is 6.08 Å². The van der Waals surface area contributed by atoms with Gasteiger partial charge in [0, 0.05) is 38.6 Å². The molecule has 0 aliphatic carbocycles. The van der Waals surface area contributed by atoms with Crippen LogP contribution < -0.4 is 4.74 Å². The molecule has 2 atom stereocenters. The average Bonchev–Trinajstić information content (AvgIpc) is 3.39. The number of aliphatic hydroxyl groups is 3. The van der Waals surface area contributed by atoms with Crippen LogP contribution in [0.5, 0.6) is 5.75 Å².